The summed E-state index contributed by atoms with van der Waals surface area (Å²) in [6.07, 6.45) is 4.21. The van der Waals surface area contributed by atoms with Crippen molar-refractivity contribution in [3.8, 4) is 11.5 Å². The number of nitrogens with one attached hydrogen (secondary N) is 1. The zero-order valence-electron chi connectivity index (χ0n) is 10.9. The van der Waals surface area contributed by atoms with Gasteiger partial charge in [0.15, 0.2) is 0 Å². The molecule has 4 nitrogen and oxygen atoms in total. The lowest BCUT2D eigenvalue weighted by Crippen LogP contribution is -2.21. The fourth-order valence-corrected chi connectivity index (χ4v) is 2.06. The van der Waals surface area contributed by atoms with Crippen LogP contribution in [-0.4, -0.2) is 20.1 Å². The van der Waals surface area contributed by atoms with Crippen molar-refractivity contribution in [3.63, 3.8) is 0 Å². The largest absolute Gasteiger partial charge is 0.497 e. The maximum absolute atomic E-state index is 11.8. The second kappa shape index (κ2) is 5.76. The van der Waals surface area contributed by atoms with E-state index in [1.165, 1.54) is 19.3 Å². The van der Waals surface area contributed by atoms with Gasteiger partial charge in [-0.15, -0.1) is 0 Å². The molecule has 1 N–H and O–H groups in total. The van der Waals surface area contributed by atoms with Crippen LogP contribution in [0.1, 0.15) is 25.7 Å². The van der Waals surface area contributed by atoms with Crippen molar-refractivity contribution in [2.45, 2.75) is 25.7 Å². The molecule has 0 aliphatic heterocycles. The molecule has 1 saturated carbocycles. The lowest BCUT2D eigenvalue weighted by atomic mass is 9.83. The molecule has 1 aromatic rings. The summed E-state index contributed by atoms with van der Waals surface area (Å²) in [5.41, 5.74) is 0.697. The normalized spacial score (nSPS) is 14.8. The van der Waals surface area contributed by atoms with Gasteiger partial charge in [0.25, 0.3) is 0 Å². The van der Waals surface area contributed by atoms with Crippen LogP contribution < -0.4 is 14.8 Å². The Morgan fingerprint density at radius 3 is 2.67 bits per heavy atom. The Morgan fingerprint density at radius 1 is 1.33 bits per heavy atom. The number of ether oxygens (including phenoxy) is 2. The molecule has 0 bridgehead atoms. The second-order valence-electron chi connectivity index (χ2n) is 4.62. The Hall–Kier alpha value is -1.71. The first kappa shape index (κ1) is 12.7. The molecule has 1 aromatic carbocycles. The third-order valence-corrected chi connectivity index (χ3v) is 3.38. The molecule has 18 heavy (non-hydrogen) atoms. The zero-order valence-corrected chi connectivity index (χ0v) is 10.9. The van der Waals surface area contributed by atoms with Gasteiger partial charge in [-0.05, 0) is 30.9 Å². The van der Waals surface area contributed by atoms with Gasteiger partial charge in [0.2, 0.25) is 5.91 Å². The van der Waals surface area contributed by atoms with E-state index in [1.54, 1.807) is 26.4 Å². The summed E-state index contributed by atoms with van der Waals surface area (Å²) in [7, 11) is 3.18. The van der Waals surface area contributed by atoms with E-state index in [0.29, 0.717) is 29.5 Å². The van der Waals surface area contributed by atoms with Crippen molar-refractivity contribution in [2.24, 2.45) is 5.92 Å². The van der Waals surface area contributed by atoms with Gasteiger partial charge in [0.1, 0.15) is 11.5 Å². The maximum atomic E-state index is 11.8. The van der Waals surface area contributed by atoms with Crippen LogP contribution in [0.4, 0.5) is 5.69 Å². The van der Waals surface area contributed by atoms with Crippen molar-refractivity contribution in [1.82, 2.24) is 0 Å². The molecular weight excluding hydrogens is 230 g/mol. The molecule has 2 rings (SSSR count). The minimum absolute atomic E-state index is 0.0585. The van der Waals surface area contributed by atoms with E-state index in [4.69, 9.17) is 9.47 Å². The Labute approximate surface area is 107 Å². The van der Waals surface area contributed by atoms with Crippen LogP contribution in [0.5, 0.6) is 11.5 Å². The van der Waals surface area contributed by atoms with Gasteiger partial charge in [0.05, 0.1) is 19.9 Å². The highest BCUT2D eigenvalue weighted by Crippen LogP contribution is 2.32. The number of benzene rings is 1. The van der Waals surface area contributed by atoms with Crippen LogP contribution in [0.3, 0.4) is 0 Å². The quantitative estimate of drug-likeness (QED) is 0.872. The molecule has 0 saturated heterocycles. The topological polar surface area (TPSA) is 47.6 Å². The van der Waals surface area contributed by atoms with E-state index in [0.717, 1.165) is 0 Å². The van der Waals surface area contributed by atoms with E-state index in [1.807, 2.05) is 6.07 Å². The minimum Gasteiger partial charge on any atom is -0.497 e. The van der Waals surface area contributed by atoms with E-state index in [2.05, 4.69) is 5.32 Å². The molecule has 0 atom stereocenters. The summed E-state index contributed by atoms with van der Waals surface area (Å²) < 4.78 is 10.4. The molecule has 1 aliphatic rings. The molecule has 0 heterocycles. The van der Waals surface area contributed by atoms with Gasteiger partial charge in [-0.2, -0.15) is 0 Å². The third-order valence-electron chi connectivity index (χ3n) is 3.38. The molecule has 98 valence electrons. The summed E-state index contributed by atoms with van der Waals surface area (Å²) in [6.45, 7) is 0. The van der Waals surface area contributed by atoms with Crippen LogP contribution in [0.25, 0.3) is 0 Å². The Kier molecular flexibility index (Phi) is 4.07. The fourth-order valence-electron chi connectivity index (χ4n) is 2.06. The van der Waals surface area contributed by atoms with Crippen molar-refractivity contribution >= 4 is 11.6 Å². The molecule has 0 radical (unpaired) electrons. The van der Waals surface area contributed by atoms with Crippen LogP contribution in [0.2, 0.25) is 0 Å². The monoisotopic (exact) mass is 249 g/mol. The lowest BCUT2D eigenvalue weighted by Gasteiger charge is -2.24. The number of rotatable bonds is 5. The highest BCUT2D eigenvalue weighted by Gasteiger charge is 2.21. The van der Waals surface area contributed by atoms with E-state index < -0.39 is 0 Å². The van der Waals surface area contributed by atoms with Crippen molar-refractivity contribution < 1.29 is 14.3 Å². The zero-order chi connectivity index (χ0) is 13.0. The average Bonchev–Trinajstić information content (AvgIpc) is 2.34. The second-order valence-corrected chi connectivity index (χ2v) is 4.62. The Morgan fingerprint density at radius 2 is 2.11 bits per heavy atom. The predicted octanol–water partition coefficient (Wildman–Crippen LogP) is 2.83. The number of hydrogen-bond acceptors (Lipinski definition) is 3. The Balaban J connectivity index is 2.00. The minimum atomic E-state index is 0.0585. The highest BCUT2D eigenvalue weighted by atomic mass is 16.5. The first-order valence-corrected chi connectivity index (χ1v) is 6.25. The Bertz CT molecular complexity index is 427. The van der Waals surface area contributed by atoms with Crippen molar-refractivity contribution in [2.75, 3.05) is 19.5 Å². The van der Waals surface area contributed by atoms with E-state index in [-0.39, 0.29) is 5.91 Å². The lowest BCUT2D eigenvalue weighted by molar-refractivity contribution is -0.117. The standard InChI is InChI=1S/C14H19NO3/c1-17-11-6-7-12(13(9-11)18-2)15-14(16)8-10-4-3-5-10/h6-7,9-10H,3-5,8H2,1-2H3,(H,15,16). The van der Waals surface area contributed by atoms with E-state index in [9.17, 15) is 4.79 Å². The van der Waals surface area contributed by atoms with Gasteiger partial charge < -0.3 is 14.8 Å². The van der Waals surface area contributed by atoms with Gasteiger partial charge in [-0.3, -0.25) is 4.79 Å². The summed E-state index contributed by atoms with van der Waals surface area (Å²) in [4.78, 5) is 11.8. The number of amides is 1. The number of hydrogen-bond donors (Lipinski definition) is 1. The fraction of sp³-hybridized carbons (Fsp3) is 0.500. The summed E-state index contributed by atoms with van der Waals surface area (Å²) in [5, 5.41) is 2.89. The molecule has 1 amide bonds. The third kappa shape index (κ3) is 2.94. The highest BCUT2D eigenvalue weighted by molar-refractivity contribution is 5.92. The van der Waals surface area contributed by atoms with Crippen molar-refractivity contribution in [1.29, 1.82) is 0 Å². The molecule has 4 heteroatoms. The van der Waals surface area contributed by atoms with Crippen LogP contribution in [0, 0.1) is 5.92 Å². The smallest absolute Gasteiger partial charge is 0.224 e. The van der Waals surface area contributed by atoms with Gasteiger partial charge >= 0.3 is 0 Å². The van der Waals surface area contributed by atoms with E-state index >= 15 is 0 Å². The maximum Gasteiger partial charge on any atom is 0.224 e. The predicted molar refractivity (Wildman–Crippen MR) is 70.1 cm³/mol. The summed E-state index contributed by atoms with van der Waals surface area (Å²) in [5.74, 6) is 1.96. The molecule has 0 aromatic heterocycles. The molecular formula is C14H19NO3. The summed E-state index contributed by atoms with van der Waals surface area (Å²) >= 11 is 0. The number of methoxy groups -OCH3 is 2. The van der Waals surface area contributed by atoms with Crippen LogP contribution >= 0.6 is 0 Å². The molecule has 1 fully saturated rings. The number of carbonyl (C=O) groups excluding carboxylic acids is 1. The van der Waals surface area contributed by atoms with Gasteiger partial charge in [-0.25, -0.2) is 0 Å². The van der Waals surface area contributed by atoms with Crippen molar-refractivity contribution in [3.05, 3.63) is 18.2 Å². The SMILES string of the molecule is COc1ccc(NC(=O)CC2CCC2)c(OC)c1. The first-order chi connectivity index (χ1) is 8.72. The van der Waals surface area contributed by atoms with Crippen LogP contribution in [-0.2, 0) is 4.79 Å². The number of carbonyl (C=O) groups is 1. The van der Waals surface area contributed by atoms with Gasteiger partial charge in [-0.1, -0.05) is 6.42 Å². The summed E-state index contributed by atoms with van der Waals surface area (Å²) in [6, 6.07) is 5.37. The van der Waals surface area contributed by atoms with Gasteiger partial charge in [0, 0.05) is 12.5 Å². The average molecular weight is 249 g/mol. The molecule has 0 unspecified atom stereocenters. The molecule has 1 aliphatic carbocycles. The van der Waals surface area contributed by atoms with Crippen LogP contribution in [0.15, 0.2) is 18.2 Å². The first-order valence-electron chi connectivity index (χ1n) is 6.25. The number of anilines is 1. The molecule has 0 spiro atoms.